The summed E-state index contributed by atoms with van der Waals surface area (Å²) in [6, 6.07) is 0.846. The molecule has 0 bridgehead atoms. The van der Waals surface area contributed by atoms with Gasteiger partial charge in [0.15, 0.2) is 0 Å². The van der Waals surface area contributed by atoms with Crippen LogP contribution in [0.15, 0.2) is 0 Å². The lowest BCUT2D eigenvalue weighted by Crippen LogP contribution is -2.44. The van der Waals surface area contributed by atoms with E-state index in [9.17, 15) is 0 Å². The summed E-state index contributed by atoms with van der Waals surface area (Å²) < 4.78 is 5.55. The van der Waals surface area contributed by atoms with Crippen molar-refractivity contribution in [3.05, 3.63) is 0 Å². The second kappa shape index (κ2) is 3.97. The molecule has 76 valence electrons. The van der Waals surface area contributed by atoms with Crippen molar-refractivity contribution in [3.8, 4) is 0 Å². The first-order chi connectivity index (χ1) is 6.35. The summed E-state index contributed by atoms with van der Waals surface area (Å²) in [5, 5.41) is 3.63. The first kappa shape index (κ1) is 9.47. The minimum Gasteiger partial charge on any atom is -0.381 e. The Kier molecular flexibility index (Phi) is 2.89. The fourth-order valence-electron chi connectivity index (χ4n) is 2.02. The zero-order chi connectivity index (χ0) is 9.15. The van der Waals surface area contributed by atoms with Crippen molar-refractivity contribution in [3.63, 3.8) is 0 Å². The van der Waals surface area contributed by atoms with Gasteiger partial charge in [-0.15, -0.1) is 0 Å². The van der Waals surface area contributed by atoms with E-state index in [1.54, 1.807) is 0 Å². The number of ether oxygens (including phenoxy) is 1. The predicted octanol–water partition coefficient (Wildman–Crippen LogP) is 1.95. The molecule has 2 fully saturated rings. The first-order valence-corrected chi connectivity index (χ1v) is 5.66. The van der Waals surface area contributed by atoms with Crippen molar-refractivity contribution in [2.45, 2.75) is 45.1 Å². The Morgan fingerprint density at radius 3 is 2.62 bits per heavy atom. The van der Waals surface area contributed by atoms with E-state index in [4.69, 9.17) is 4.74 Å². The molecular weight excluding hydrogens is 162 g/mol. The maximum Gasteiger partial charge on any atom is 0.0534 e. The highest BCUT2D eigenvalue weighted by atomic mass is 16.5. The van der Waals surface area contributed by atoms with Crippen LogP contribution in [0.2, 0.25) is 0 Å². The van der Waals surface area contributed by atoms with Gasteiger partial charge in [0, 0.05) is 24.6 Å². The molecule has 0 amide bonds. The summed E-state index contributed by atoms with van der Waals surface area (Å²) in [6.07, 6.45) is 6.92. The third kappa shape index (κ3) is 2.44. The molecule has 2 aliphatic carbocycles. The summed E-state index contributed by atoms with van der Waals surface area (Å²) in [5.41, 5.74) is 0.512. The molecule has 0 saturated heterocycles. The third-order valence-electron chi connectivity index (χ3n) is 3.37. The molecule has 0 unspecified atom stereocenters. The molecule has 2 saturated carbocycles. The van der Waals surface area contributed by atoms with E-state index in [-0.39, 0.29) is 0 Å². The van der Waals surface area contributed by atoms with Gasteiger partial charge >= 0.3 is 0 Å². The third-order valence-corrected chi connectivity index (χ3v) is 3.37. The lowest BCUT2D eigenvalue weighted by Gasteiger charge is -2.41. The molecule has 0 radical (unpaired) electrons. The van der Waals surface area contributed by atoms with Crippen LogP contribution in [0.3, 0.4) is 0 Å². The SMILES string of the molecule is CCOCC1(CNC2CC2)CCC1. The molecule has 2 aliphatic rings. The molecule has 0 aromatic rings. The van der Waals surface area contributed by atoms with E-state index in [0.29, 0.717) is 5.41 Å². The van der Waals surface area contributed by atoms with Crippen molar-refractivity contribution >= 4 is 0 Å². The van der Waals surface area contributed by atoms with Gasteiger partial charge in [-0.1, -0.05) is 6.42 Å². The number of nitrogens with one attached hydrogen (secondary N) is 1. The average Bonchev–Trinajstić information content (AvgIpc) is 2.86. The predicted molar refractivity (Wildman–Crippen MR) is 53.8 cm³/mol. The highest BCUT2D eigenvalue weighted by Gasteiger charge is 2.38. The summed E-state index contributed by atoms with van der Waals surface area (Å²) in [5.74, 6) is 0. The minimum absolute atomic E-state index is 0.512. The second-order valence-electron chi connectivity index (χ2n) is 4.65. The van der Waals surface area contributed by atoms with E-state index in [0.717, 1.165) is 19.3 Å². The monoisotopic (exact) mass is 183 g/mol. The molecular formula is C11H21NO. The highest BCUT2D eigenvalue weighted by Crippen LogP contribution is 2.41. The van der Waals surface area contributed by atoms with Crippen LogP contribution in [0, 0.1) is 5.41 Å². The molecule has 13 heavy (non-hydrogen) atoms. The quantitative estimate of drug-likeness (QED) is 0.679. The largest absolute Gasteiger partial charge is 0.381 e. The van der Waals surface area contributed by atoms with Gasteiger partial charge in [0.25, 0.3) is 0 Å². The Morgan fingerprint density at radius 1 is 1.38 bits per heavy atom. The molecule has 0 aromatic carbocycles. The van der Waals surface area contributed by atoms with Gasteiger partial charge < -0.3 is 10.1 Å². The van der Waals surface area contributed by atoms with Crippen LogP contribution in [-0.2, 0) is 4.74 Å². The smallest absolute Gasteiger partial charge is 0.0534 e. The molecule has 0 aromatic heterocycles. The molecule has 1 N–H and O–H groups in total. The molecule has 2 rings (SSSR count). The summed E-state index contributed by atoms with van der Waals surface area (Å²) >= 11 is 0. The van der Waals surface area contributed by atoms with Gasteiger partial charge in [-0.05, 0) is 32.6 Å². The van der Waals surface area contributed by atoms with Crippen molar-refractivity contribution < 1.29 is 4.74 Å². The van der Waals surface area contributed by atoms with E-state index in [1.807, 2.05) is 0 Å². The fraction of sp³-hybridized carbons (Fsp3) is 1.00. The van der Waals surface area contributed by atoms with Crippen LogP contribution in [0.5, 0.6) is 0 Å². The van der Waals surface area contributed by atoms with E-state index >= 15 is 0 Å². The standard InChI is InChI=1S/C11H21NO/c1-2-13-9-11(6-3-7-11)8-12-10-4-5-10/h10,12H,2-9H2,1H3. The molecule has 0 spiro atoms. The van der Waals surface area contributed by atoms with Gasteiger partial charge in [-0.3, -0.25) is 0 Å². The van der Waals surface area contributed by atoms with Crippen LogP contribution in [0.25, 0.3) is 0 Å². The van der Waals surface area contributed by atoms with Crippen LogP contribution in [-0.4, -0.2) is 25.8 Å². The van der Waals surface area contributed by atoms with Gasteiger partial charge in [0.05, 0.1) is 6.61 Å². The van der Waals surface area contributed by atoms with E-state index in [2.05, 4.69) is 12.2 Å². The molecule has 0 heterocycles. The maximum absolute atomic E-state index is 5.55. The van der Waals surface area contributed by atoms with E-state index < -0.39 is 0 Å². The normalized spacial score (nSPS) is 25.6. The maximum atomic E-state index is 5.55. The molecule has 2 nitrogen and oxygen atoms in total. The zero-order valence-corrected chi connectivity index (χ0v) is 8.64. The Hall–Kier alpha value is -0.0800. The number of hydrogen-bond donors (Lipinski definition) is 1. The summed E-state index contributed by atoms with van der Waals surface area (Å²) in [7, 11) is 0. The zero-order valence-electron chi connectivity index (χ0n) is 8.64. The Morgan fingerprint density at radius 2 is 2.15 bits per heavy atom. The van der Waals surface area contributed by atoms with Crippen LogP contribution >= 0.6 is 0 Å². The fourth-order valence-corrected chi connectivity index (χ4v) is 2.02. The summed E-state index contributed by atoms with van der Waals surface area (Å²) in [6.45, 7) is 5.12. The second-order valence-corrected chi connectivity index (χ2v) is 4.65. The number of rotatable bonds is 6. The van der Waals surface area contributed by atoms with Crippen molar-refractivity contribution in [1.29, 1.82) is 0 Å². The van der Waals surface area contributed by atoms with Crippen LogP contribution < -0.4 is 5.32 Å². The van der Waals surface area contributed by atoms with Crippen LogP contribution in [0.1, 0.15) is 39.0 Å². The first-order valence-electron chi connectivity index (χ1n) is 5.66. The average molecular weight is 183 g/mol. The Labute approximate surface area is 81.0 Å². The van der Waals surface area contributed by atoms with Crippen molar-refractivity contribution in [2.24, 2.45) is 5.41 Å². The highest BCUT2D eigenvalue weighted by molar-refractivity contribution is 4.92. The molecule has 0 atom stereocenters. The lowest BCUT2D eigenvalue weighted by atomic mass is 9.69. The molecule has 0 aliphatic heterocycles. The van der Waals surface area contributed by atoms with Crippen molar-refractivity contribution in [2.75, 3.05) is 19.8 Å². The number of hydrogen-bond acceptors (Lipinski definition) is 2. The van der Waals surface area contributed by atoms with Gasteiger partial charge in [0.2, 0.25) is 0 Å². The van der Waals surface area contributed by atoms with E-state index in [1.165, 1.54) is 38.6 Å². The molecule has 2 heteroatoms. The Bertz CT molecular complexity index is 161. The minimum atomic E-state index is 0.512. The Balaban J connectivity index is 1.69. The van der Waals surface area contributed by atoms with Gasteiger partial charge in [-0.2, -0.15) is 0 Å². The lowest BCUT2D eigenvalue weighted by molar-refractivity contribution is -0.000975. The topological polar surface area (TPSA) is 21.3 Å². The van der Waals surface area contributed by atoms with Gasteiger partial charge in [-0.25, -0.2) is 0 Å². The van der Waals surface area contributed by atoms with Crippen LogP contribution in [0.4, 0.5) is 0 Å². The summed E-state index contributed by atoms with van der Waals surface area (Å²) in [4.78, 5) is 0. The van der Waals surface area contributed by atoms with Crippen molar-refractivity contribution in [1.82, 2.24) is 5.32 Å². The van der Waals surface area contributed by atoms with Gasteiger partial charge in [0.1, 0.15) is 0 Å².